The van der Waals surface area contributed by atoms with Gasteiger partial charge in [0.2, 0.25) is 5.89 Å². The van der Waals surface area contributed by atoms with E-state index in [-0.39, 0.29) is 17.8 Å². The lowest BCUT2D eigenvalue weighted by Crippen LogP contribution is -2.15. The molecule has 2 N–H and O–H groups in total. The summed E-state index contributed by atoms with van der Waals surface area (Å²) in [6.07, 6.45) is 2.04. The molecule has 1 fully saturated rings. The first-order valence-electron chi connectivity index (χ1n) is 6.67. The van der Waals surface area contributed by atoms with Crippen LogP contribution < -0.4 is 10.6 Å². The lowest BCUT2D eigenvalue weighted by molar-refractivity contribution is 0.101. The molecule has 6 heteroatoms. The highest BCUT2D eigenvalue weighted by Gasteiger charge is 2.24. The Morgan fingerprint density at radius 3 is 3.15 bits per heavy atom. The Morgan fingerprint density at radius 2 is 2.40 bits per heavy atom. The Kier molecular flexibility index (Phi) is 3.47. The maximum absolute atomic E-state index is 12.0. The number of rotatable bonds is 3. The van der Waals surface area contributed by atoms with Crippen molar-refractivity contribution in [3.8, 4) is 0 Å². The molecule has 20 heavy (non-hydrogen) atoms. The van der Waals surface area contributed by atoms with E-state index >= 15 is 0 Å². The maximum Gasteiger partial charge on any atom is 0.297 e. The van der Waals surface area contributed by atoms with Gasteiger partial charge in [-0.05, 0) is 44.0 Å². The molecule has 2 heterocycles. The topological polar surface area (TPSA) is 80.0 Å². The SMILES string of the molecule is Cc1cccc(NC(=O)c2noc(C3CCCN3)n2)c1. The van der Waals surface area contributed by atoms with Crippen molar-refractivity contribution in [3.05, 3.63) is 41.5 Å². The second-order valence-electron chi connectivity index (χ2n) is 4.93. The monoisotopic (exact) mass is 272 g/mol. The molecular formula is C14H16N4O2. The number of hydrogen-bond acceptors (Lipinski definition) is 5. The van der Waals surface area contributed by atoms with Crippen molar-refractivity contribution in [1.82, 2.24) is 15.5 Å². The van der Waals surface area contributed by atoms with Crippen molar-refractivity contribution >= 4 is 11.6 Å². The zero-order valence-electron chi connectivity index (χ0n) is 11.2. The van der Waals surface area contributed by atoms with E-state index in [0.29, 0.717) is 5.89 Å². The van der Waals surface area contributed by atoms with Gasteiger partial charge in [-0.1, -0.05) is 17.3 Å². The smallest absolute Gasteiger partial charge is 0.297 e. The minimum Gasteiger partial charge on any atom is -0.337 e. The number of nitrogens with one attached hydrogen (secondary N) is 2. The van der Waals surface area contributed by atoms with E-state index in [0.717, 1.165) is 30.6 Å². The van der Waals surface area contributed by atoms with Crippen LogP contribution in [0.2, 0.25) is 0 Å². The second-order valence-corrected chi connectivity index (χ2v) is 4.93. The minimum absolute atomic E-state index is 0.0650. The number of aromatic nitrogens is 2. The molecular weight excluding hydrogens is 256 g/mol. The first kappa shape index (κ1) is 12.8. The fourth-order valence-electron chi connectivity index (χ4n) is 2.27. The summed E-state index contributed by atoms with van der Waals surface area (Å²) >= 11 is 0. The van der Waals surface area contributed by atoms with Crippen molar-refractivity contribution in [3.63, 3.8) is 0 Å². The zero-order chi connectivity index (χ0) is 13.9. The molecule has 0 spiro atoms. The minimum atomic E-state index is -0.358. The van der Waals surface area contributed by atoms with Crippen LogP contribution >= 0.6 is 0 Å². The Morgan fingerprint density at radius 1 is 1.50 bits per heavy atom. The highest BCUT2D eigenvalue weighted by Crippen LogP contribution is 2.21. The van der Waals surface area contributed by atoms with Gasteiger partial charge in [0, 0.05) is 5.69 Å². The van der Waals surface area contributed by atoms with Gasteiger partial charge in [-0.25, -0.2) is 0 Å². The van der Waals surface area contributed by atoms with Gasteiger partial charge in [-0.3, -0.25) is 4.79 Å². The second kappa shape index (κ2) is 5.42. The third kappa shape index (κ3) is 2.70. The van der Waals surface area contributed by atoms with Gasteiger partial charge in [0.15, 0.2) is 0 Å². The Bertz CT molecular complexity index is 617. The summed E-state index contributed by atoms with van der Waals surface area (Å²) in [6, 6.07) is 7.63. The van der Waals surface area contributed by atoms with Crippen molar-refractivity contribution < 1.29 is 9.32 Å². The fourth-order valence-corrected chi connectivity index (χ4v) is 2.27. The molecule has 1 unspecified atom stereocenters. The molecule has 0 radical (unpaired) electrons. The highest BCUT2D eigenvalue weighted by molar-refractivity contribution is 6.01. The summed E-state index contributed by atoms with van der Waals surface area (Å²) in [5, 5.41) is 9.75. The molecule has 1 amide bonds. The molecule has 104 valence electrons. The molecule has 0 aliphatic carbocycles. The van der Waals surface area contributed by atoms with E-state index in [1.165, 1.54) is 0 Å². The lowest BCUT2D eigenvalue weighted by Gasteiger charge is -2.03. The van der Waals surface area contributed by atoms with Crippen LogP contribution in [0, 0.1) is 6.92 Å². The molecule has 0 saturated carbocycles. The van der Waals surface area contributed by atoms with E-state index in [1.54, 1.807) is 0 Å². The summed E-state index contributed by atoms with van der Waals surface area (Å²) in [5.74, 6) is 0.190. The summed E-state index contributed by atoms with van der Waals surface area (Å²) in [7, 11) is 0. The Labute approximate surface area is 116 Å². The van der Waals surface area contributed by atoms with Gasteiger partial charge in [0.25, 0.3) is 11.7 Å². The number of anilines is 1. The highest BCUT2D eigenvalue weighted by atomic mass is 16.5. The standard InChI is InChI=1S/C14H16N4O2/c1-9-4-2-5-10(8-9)16-13(19)12-17-14(20-18-12)11-6-3-7-15-11/h2,4-5,8,11,15H,3,6-7H2,1H3,(H,16,19). The quantitative estimate of drug-likeness (QED) is 0.894. The molecule has 1 aliphatic rings. The van der Waals surface area contributed by atoms with Gasteiger partial charge in [-0.2, -0.15) is 4.98 Å². The predicted octanol–water partition coefficient (Wildman–Crippen LogP) is 2.05. The van der Waals surface area contributed by atoms with Crippen molar-refractivity contribution in [2.75, 3.05) is 11.9 Å². The van der Waals surface area contributed by atoms with Crippen LogP contribution in [0.1, 0.15) is 41.0 Å². The van der Waals surface area contributed by atoms with Crippen LogP contribution in [-0.4, -0.2) is 22.6 Å². The molecule has 1 aliphatic heterocycles. The summed E-state index contributed by atoms with van der Waals surface area (Å²) in [4.78, 5) is 16.2. The van der Waals surface area contributed by atoms with Crippen molar-refractivity contribution in [2.24, 2.45) is 0 Å². The van der Waals surface area contributed by atoms with Gasteiger partial charge in [-0.15, -0.1) is 0 Å². The first-order valence-corrected chi connectivity index (χ1v) is 6.67. The fraction of sp³-hybridized carbons (Fsp3) is 0.357. The zero-order valence-corrected chi connectivity index (χ0v) is 11.2. The molecule has 1 aromatic carbocycles. The molecule has 6 nitrogen and oxygen atoms in total. The average Bonchev–Trinajstić information content (AvgIpc) is 3.10. The summed E-state index contributed by atoms with van der Waals surface area (Å²) in [6.45, 7) is 2.91. The Hall–Kier alpha value is -2.21. The summed E-state index contributed by atoms with van der Waals surface area (Å²) in [5.41, 5.74) is 1.80. The van der Waals surface area contributed by atoms with Gasteiger partial charge < -0.3 is 15.2 Å². The third-order valence-corrected chi connectivity index (χ3v) is 3.28. The lowest BCUT2D eigenvalue weighted by atomic mass is 10.2. The number of nitrogens with zero attached hydrogens (tertiary/aromatic N) is 2. The van der Waals surface area contributed by atoms with Crippen molar-refractivity contribution in [2.45, 2.75) is 25.8 Å². The van der Waals surface area contributed by atoms with Crippen LogP contribution in [0.4, 0.5) is 5.69 Å². The van der Waals surface area contributed by atoms with Gasteiger partial charge in [0.05, 0.1) is 6.04 Å². The normalized spacial score (nSPS) is 18.1. The van der Waals surface area contributed by atoms with Crippen LogP contribution in [0.5, 0.6) is 0 Å². The average molecular weight is 272 g/mol. The number of carbonyl (C=O) groups excluding carboxylic acids is 1. The molecule has 1 aromatic heterocycles. The molecule has 2 aromatic rings. The summed E-state index contributed by atoms with van der Waals surface area (Å²) < 4.78 is 5.15. The van der Waals surface area contributed by atoms with Crippen molar-refractivity contribution in [1.29, 1.82) is 0 Å². The Balaban J connectivity index is 1.71. The number of carbonyl (C=O) groups is 1. The van der Waals surface area contributed by atoms with Crippen LogP contribution in [0.3, 0.4) is 0 Å². The van der Waals surface area contributed by atoms with E-state index < -0.39 is 0 Å². The third-order valence-electron chi connectivity index (χ3n) is 3.28. The number of benzene rings is 1. The van der Waals surface area contributed by atoms with E-state index in [2.05, 4.69) is 20.8 Å². The number of amides is 1. The first-order chi connectivity index (χ1) is 9.72. The molecule has 3 rings (SSSR count). The van der Waals surface area contributed by atoms with Gasteiger partial charge in [0.1, 0.15) is 0 Å². The molecule has 1 atom stereocenters. The predicted molar refractivity (Wildman–Crippen MR) is 73.4 cm³/mol. The largest absolute Gasteiger partial charge is 0.337 e. The molecule has 1 saturated heterocycles. The van der Waals surface area contributed by atoms with E-state index in [9.17, 15) is 4.79 Å². The maximum atomic E-state index is 12.0. The van der Waals surface area contributed by atoms with Gasteiger partial charge >= 0.3 is 0 Å². The number of hydrogen-bond donors (Lipinski definition) is 2. The molecule has 0 bridgehead atoms. The van der Waals surface area contributed by atoms with Crippen LogP contribution in [0.15, 0.2) is 28.8 Å². The van der Waals surface area contributed by atoms with Crippen LogP contribution in [0.25, 0.3) is 0 Å². The number of aryl methyl sites for hydroxylation is 1. The van der Waals surface area contributed by atoms with Crippen LogP contribution in [-0.2, 0) is 0 Å². The van der Waals surface area contributed by atoms with E-state index in [4.69, 9.17) is 4.52 Å². The van der Waals surface area contributed by atoms with E-state index in [1.807, 2.05) is 31.2 Å².